The first-order valence-corrected chi connectivity index (χ1v) is 6.34. The fourth-order valence-corrected chi connectivity index (χ4v) is 2.10. The highest BCUT2D eigenvalue weighted by Gasteiger charge is 2.22. The predicted octanol–water partition coefficient (Wildman–Crippen LogP) is 1.45. The van der Waals surface area contributed by atoms with Crippen molar-refractivity contribution in [1.82, 2.24) is 0 Å². The molecule has 0 aliphatic carbocycles. The van der Waals surface area contributed by atoms with Crippen molar-refractivity contribution in [2.24, 2.45) is 5.73 Å². The van der Waals surface area contributed by atoms with Gasteiger partial charge in [-0.15, -0.1) is 0 Å². The molecule has 0 aliphatic rings. The summed E-state index contributed by atoms with van der Waals surface area (Å²) < 4.78 is 0. The van der Waals surface area contributed by atoms with Crippen LogP contribution >= 0.6 is 0 Å². The minimum absolute atomic E-state index is 0.142. The van der Waals surface area contributed by atoms with Crippen LogP contribution < -0.4 is 11.1 Å². The molecule has 2 aromatic rings. The first kappa shape index (κ1) is 13.8. The second-order valence-electron chi connectivity index (χ2n) is 5.02. The van der Waals surface area contributed by atoms with Crippen LogP contribution in [0.4, 0.5) is 5.69 Å². The highest BCUT2D eigenvalue weighted by Crippen LogP contribution is 2.28. The highest BCUT2D eigenvalue weighted by molar-refractivity contribution is 5.96. The Balaban J connectivity index is 2.50. The van der Waals surface area contributed by atoms with Gasteiger partial charge in [-0.1, -0.05) is 30.3 Å². The monoisotopic (exact) mass is 260 g/mol. The maximum Gasteiger partial charge on any atom is 0.0806 e. The van der Waals surface area contributed by atoms with Gasteiger partial charge in [0.1, 0.15) is 0 Å². The summed E-state index contributed by atoms with van der Waals surface area (Å²) in [5.41, 5.74) is 6.97. The van der Waals surface area contributed by atoms with Gasteiger partial charge in [0.05, 0.1) is 18.8 Å². The van der Waals surface area contributed by atoms with E-state index in [0.29, 0.717) is 6.54 Å². The van der Waals surface area contributed by atoms with Crippen molar-refractivity contribution in [3.05, 3.63) is 42.0 Å². The standard InChI is InChI=1S/C15H20N2O2/c1-15(9-18,10-19)17-14-7-6-11(8-16)12-4-2-3-5-13(12)14/h2-7,17-19H,8-10,16H2,1H3. The Morgan fingerprint density at radius 2 is 1.68 bits per heavy atom. The minimum Gasteiger partial charge on any atom is -0.394 e. The molecule has 5 N–H and O–H groups in total. The van der Waals surface area contributed by atoms with Gasteiger partial charge in [0.25, 0.3) is 0 Å². The summed E-state index contributed by atoms with van der Waals surface area (Å²) in [6.45, 7) is 1.98. The summed E-state index contributed by atoms with van der Waals surface area (Å²) in [4.78, 5) is 0. The Bertz CT molecular complexity index is 565. The van der Waals surface area contributed by atoms with E-state index in [1.165, 1.54) is 0 Å². The number of fused-ring (bicyclic) bond motifs is 1. The minimum atomic E-state index is -0.743. The van der Waals surface area contributed by atoms with E-state index in [1.807, 2.05) is 36.4 Å². The lowest BCUT2D eigenvalue weighted by molar-refractivity contribution is 0.147. The van der Waals surface area contributed by atoms with Gasteiger partial charge in [-0.2, -0.15) is 0 Å². The summed E-state index contributed by atoms with van der Waals surface area (Å²) in [5, 5.41) is 24.1. The van der Waals surface area contributed by atoms with Gasteiger partial charge in [0, 0.05) is 17.6 Å². The lowest BCUT2D eigenvalue weighted by atomic mass is 9.99. The van der Waals surface area contributed by atoms with Crippen molar-refractivity contribution >= 4 is 16.5 Å². The lowest BCUT2D eigenvalue weighted by Gasteiger charge is -2.28. The SMILES string of the molecule is CC(CO)(CO)Nc1ccc(CN)c2ccccc12. The van der Waals surface area contributed by atoms with E-state index in [1.54, 1.807) is 6.92 Å². The molecule has 0 spiro atoms. The largest absolute Gasteiger partial charge is 0.394 e. The van der Waals surface area contributed by atoms with Gasteiger partial charge in [0.15, 0.2) is 0 Å². The van der Waals surface area contributed by atoms with Crippen molar-refractivity contribution in [1.29, 1.82) is 0 Å². The van der Waals surface area contributed by atoms with E-state index in [2.05, 4.69) is 5.32 Å². The van der Waals surface area contributed by atoms with Gasteiger partial charge < -0.3 is 21.3 Å². The first-order valence-electron chi connectivity index (χ1n) is 6.34. The zero-order valence-corrected chi connectivity index (χ0v) is 11.1. The van der Waals surface area contributed by atoms with Crippen LogP contribution in [0, 0.1) is 0 Å². The number of benzene rings is 2. The fraction of sp³-hybridized carbons (Fsp3) is 0.333. The molecule has 0 aromatic heterocycles. The molecule has 0 bridgehead atoms. The van der Waals surface area contributed by atoms with E-state index in [9.17, 15) is 10.2 Å². The third-order valence-electron chi connectivity index (χ3n) is 3.37. The predicted molar refractivity (Wildman–Crippen MR) is 78.0 cm³/mol. The zero-order valence-electron chi connectivity index (χ0n) is 11.1. The average molecular weight is 260 g/mol. The summed E-state index contributed by atoms with van der Waals surface area (Å²) in [6, 6.07) is 11.9. The molecule has 0 aliphatic heterocycles. The molecule has 4 heteroatoms. The molecular weight excluding hydrogens is 240 g/mol. The van der Waals surface area contributed by atoms with Gasteiger partial charge in [-0.3, -0.25) is 0 Å². The lowest BCUT2D eigenvalue weighted by Crippen LogP contribution is -2.42. The van der Waals surface area contributed by atoms with E-state index in [4.69, 9.17) is 5.73 Å². The van der Waals surface area contributed by atoms with Crippen LogP contribution in [0.5, 0.6) is 0 Å². The average Bonchev–Trinajstić information content (AvgIpc) is 2.47. The Kier molecular flexibility index (Phi) is 4.04. The number of aliphatic hydroxyl groups excluding tert-OH is 2. The maximum atomic E-state index is 9.38. The molecule has 0 saturated carbocycles. The van der Waals surface area contributed by atoms with E-state index >= 15 is 0 Å². The molecule has 0 fully saturated rings. The summed E-state index contributed by atoms with van der Waals surface area (Å²) in [6.07, 6.45) is 0. The third kappa shape index (κ3) is 2.71. The van der Waals surface area contributed by atoms with Crippen LogP contribution in [0.2, 0.25) is 0 Å². The molecule has 0 unspecified atom stereocenters. The number of nitrogens with two attached hydrogens (primary N) is 1. The Morgan fingerprint density at radius 1 is 1.05 bits per heavy atom. The van der Waals surface area contributed by atoms with Crippen molar-refractivity contribution < 1.29 is 10.2 Å². The molecule has 2 aromatic carbocycles. The molecule has 0 saturated heterocycles. The number of hydrogen-bond donors (Lipinski definition) is 4. The van der Waals surface area contributed by atoms with E-state index in [-0.39, 0.29) is 13.2 Å². The number of rotatable bonds is 5. The van der Waals surface area contributed by atoms with Crippen molar-refractivity contribution in [2.75, 3.05) is 18.5 Å². The molecule has 0 heterocycles. The molecule has 102 valence electrons. The van der Waals surface area contributed by atoms with Gasteiger partial charge in [-0.05, 0) is 23.9 Å². The maximum absolute atomic E-state index is 9.38. The molecule has 4 nitrogen and oxygen atoms in total. The normalized spacial score (nSPS) is 11.8. The highest BCUT2D eigenvalue weighted by atomic mass is 16.3. The van der Waals surface area contributed by atoms with Crippen LogP contribution in [-0.2, 0) is 6.54 Å². The summed E-state index contributed by atoms with van der Waals surface area (Å²) >= 11 is 0. The van der Waals surface area contributed by atoms with E-state index < -0.39 is 5.54 Å². The number of hydrogen-bond acceptors (Lipinski definition) is 4. The van der Waals surface area contributed by atoms with Gasteiger partial charge >= 0.3 is 0 Å². The molecule has 0 radical (unpaired) electrons. The molecule has 2 rings (SSSR count). The van der Waals surface area contributed by atoms with Crippen molar-refractivity contribution in [3.8, 4) is 0 Å². The van der Waals surface area contributed by atoms with Crippen LogP contribution in [0.25, 0.3) is 10.8 Å². The zero-order chi connectivity index (χ0) is 13.9. The molecule has 0 atom stereocenters. The second-order valence-corrected chi connectivity index (χ2v) is 5.02. The van der Waals surface area contributed by atoms with Crippen molar-refractivity contribution in [3.63, 3.8) is 0 Å². The van der Waals surface area contributed by atoms with Crippen LogP contribution in [-0.4, -0.2) is 29.0 Å². The fourth-order valence-electron chi connectivity index (χ4n) is 2.10. The number of aliphatic hydroxyl groups is 2. The van der Waals surface area contributed by atoms with Crippen LogP contribution in [0.1, 0.15) is 12.5 Å². The first-order chi connectivity index (χ1) is 9.13. The van der Waals surface area contributed by atoms with E-state index in [0.717, 1.165) is 22.0 Å². The Labute approximate surface area is 112 Å². The smallest absolute Gasteiger partial charge is 0.0806 e. The number of anilines is 1. The molecule has 0 amide bonds. The second kappa shape index (κ2) is 5.57. The Hall–Kier alpha value is -1.62. The van der Waals surface area contributed by atoms with Gasteiger partial charge in [0.2, 0.25) is 0 Å². The summed E-state index contributed by atoms with van der Waals surface area (Å²) in [5.74, 6) is 0. The topological polar surface area (TPSA) is 78.5 Å². The summed E-state index contributed by atoms with van der Waals surface area (Å²) in [7, 11) is 0. The van der Waals surface area contributed by atoms with Crippen LogP contribution in [0.3, 0.4) is 0 Å². The van der Waals surface area contributed by atoms with Crippen molar-refractivity contribution in [2.45, 2.75) is 19.0 Å². The molecular formula is C15H20N2O2. The van der Waals surface area contributed by atoms with Gasteiger partial charge in [-0.25, -0.2) is 0 Å². The quantitative estimate of drug-likeness (QED) is 0.656. The molecule has 19 heavy (non-hydrogen) atoms. The third-order valence-corrected chi connectivity index (χ3v) is 3.37. The van der Waals surface area contributed by atoms with Crippen LogP contribution in [0.15, 0.2) is 36.4 Å². The number of nitrogens with one attached hydrogen (secondary N) is 1. The Morgan fingerprint density at radius 3 is 2.26 bits per heavy atom.